The van der Waals surface area contributed by atoms with E-state index in [1.807, 2.05) is 0 Å². The normalized spacial score (nSPS) is 14.9. The largest absolute Gasteiger partial charge is 0.493 e. The Morgan fingerprint density at radius 1 is 1.17 bits per heavy atom. The molecule has 0 amide bonds. The van der Waals surface area contributed by atoms with Crippen molar-refractivity contribution in [3.05, 3.63) is 83.9 Å². The molecular weight excluding hydrogens is 485 g/mol. The van der Waals surface area contributed by atoms with Crippen LogP contribution >= 0.6 is 0 Å². The second kappa shape index (κ2) is 10.5. The minimum Gasteiger partial charge on any atom is -0.493 e. The molecule has 0 bridgehead atoms. The highest BCUT2D eigenvalue weighted by molar-refractivity contribution is 7.84. The van der Waals surface area contributed by atoms with Crippen molar-refractivity contribution in [2.45, 2.75) is 36.6 Å². The van der Waals surface area contributed by atoms with Gasteiger partial charge in [-0.2, -0.15) is 0 Å². The van der Waals surface area contributed by atoms with E-state index in [2.05, 4.69) is 9.97 Å². The molecule has 2 heterocycles. The molecule has 1 N–H and O–H groups in total. The van der Waals surface area contributed by atoms with E-state index in [-0.39, 0.29) is 23.2 Å². The summed E-state index contributed by atoms with van der Waals surface area (Å²) in [4.78, 5) is 21.1. The van der Waals surface area contributed by atoms with E-state index in [0.717, 1.165) is 0 Å². The molecule has 1 aliphatic carbocycles. The highest BCUT2D eigenvalue weighted by Gasteiger charge is 2.23. The summed E-state index contributed by atoms with van der Waals surface area (Å²) in [6, 6.07) is 15.8. The van der Waals surface area contributed by atoms with E-state index in [4.69, 9.17) is 9.47 Å². The Labute approximate surface area is 209 Å². The fraction of sp³-hybridized carbons (Fsp3) is 0.269. The summed E-state index contributed by atoms with van der Waals surface area (Å²) < 4.78 is 39.7. The third-order valence-electron chi connectivity index (χ3n) is 5.80. The smallest absolute Gasteiger partial charge is 0.341 e. The van der Waals surface area contributed by atoms with Gasteiger partial charge in [-0.1, -0.05) is 30.3 Å². The van der Waals surface area contributed by atoms with Crippen molar-refractivity contribution < 1.29 is 28.0 Å². The molecule has 2 aromatic carbocycles. The van der Waals surface area contributed by atoms with Gasteiger partial charge in [0, 0.05) is 18.3 Å². The summed E-state index contributed by atoms with van der Waals surface area (Å²) in [7, 11) is -1.70. The topological polar surface area (TPSA) is 104 Å². The molecule has 0 aliphatic heterocycles. The van der Waals surface area contributed by atoms with Crippen LogP contribution in [0, 0.1) is 11.7 Å². The van der Waals surface area contributed by atoms with Gasteiger partial charge < -0.3 is 14.6 Å². The van der Waals surface area contributed by atoms with Crippen LogP contribution in [0.5, 0.6) is 5.75 Å². The SMILES string of the molecule is O=C(OCn1c(S(=O)Cc2cc(OCC3CC3)ccn2)nc2cc(F)ccc21)[C@H](O)c1ccccc1. The lowest BCUT2D eigenvalue weighted by molar-refractivity contribution is -0.158. The van der Waals surface area contributed by atoms with Gasteiger partial charge in [0.2, 0.25) is 5.16 Å². The number of aromatic nitrogens is 3. The van der Waals surface area contributed by atoms with Gasteiger partial charge in [-0.05, 0) is 42.5 Å². The van der Waals surface area contributed by atoms with Crippen LogP contribution in [-0.2, 0) is 32.8 Å². The first-order valence-corrected chi connectivity index (χ1v) is 12.8. The predicted octanol–water partition coefficient (Wildman–Crippen LogP) is 3.90. The van der Waals surface area contributed by atoms with Crippen LogP contribution < -0.4 is 4.74 Å². The van der Waals surface area contributed by atoms with Crippen molar-refractivity contribution in [2.75, 3.05) is 6.61 Å². The molecule has 1 fully saturated rings. The average molecular weight is 510 g/mol. The first-order chi connectivity index (χ1) is 17.5. The first kappa shape index (κ1) is 24.1. The highest BCUT2D eigenvalue weighted by Crippen LogP contribution is 2.29. The first-order valence-electron chi connectivity index (χ1n) is 11.5. The minimum absolute atomic E-state index is 0.0347. The monoisotopic (exact) mass is 509 g/mol. The number of rotatable bonds is 10. The van der Waals surface area contributed by atoms with Crippen molar-refractivity contribution in [2.24, 2.45) is 5.92 Å². The van der Waals surface area contributed by atoms with Gasteiger partial charge in [0.05, 0.1) is 39.9 Å². The lowest BCUT2D eigenvalue weighted by Crippen LogP contribution is -2.19. The molecule has 0 radical (unpaired) electrons. The molecule has 0 spiro atoms. The number of pyridine rings is 1. The van der Waals surface area contributed by atoms with Crippen molar-refractivity contribution in [3.63, 3.8) is 0 Å². The number of nitrogens with zero attached hydrogens (tertiary/aromatic N) is 3. The van der Waals surface area contributed by atoms with Crippen LogP contribution in [0.2, 0.25) is 0 Å². The van der Waals surface area contributed by atoms with E-state index in [1.165, 1.54) is 35.6 Å². The summed E-state index contributed by atoms with van der Waals surface area (Å²) in [5.41, 5.74) is 1.64. The number of imidazole rings is 1. The number of hydrogen-bond acceptors (Lipinski definition) is 7. The van der Waals surface area contributed by atoms with Gasteiger partial charge in [-0.3, -0.25) is 13.8 Å². The maximum absolute atomic E-state index is 13.8. The number of halogens is 1. The number of aliphatic hydroxyl groups is 1. The molecule has 2 aromatic heterocycles. The van der Waals surface area contributed by atoms with Crippen molar-refractivity contribution in [1.82, 2.24) is 14.5 Å². The van der Waals surface area contributed by atoms with Crippen LogP contribution in [0.25, 0.3) is 11.0 Å². The van der Waals surface area contributed by atoms with E-state index in [1.54, 1.807) is 48.7 Å². The third-order valence-corrected chi connectivity index (χ3v) is 7.08. The number of ether oxygens (including phenoxy) is 2. The maximum Gasteiger partial charge on any atom is 0.341 e. The Balaban J connectivity index is 1.35. The summed E-state index contributed by atoms with van der Waals surface area (Å²) in [6.07, 6.45) is 2.46. The molecule has 36 heavy (non-hydrogen) atoms. The maximum atomic E-state index is 13.8. The second-order valence-corrected chi connectivity index (χ2v) is 9.93. The Hall–Kier alpha value is -3.63. The molecule has 1 saturated carbocycles. The van der Waals surface area contributed by atoms with Crippen LogP contribution in [0.4, 0.5) is 4.39 Å². The number of esters is 1. The number of aliphatic hydroxyl groups excluding tert-OH is 1. The van der Waals surface area contributed by atoms with Crippen molar-refractivity contribution in [3.8, 4) is 5.75 Å². The highest BCUT2D eigenvalue weighted by atomic mass is 32.2. The Kier molecular flexibility index (Phi) is 7.06. The number of fused-ring (bicyclic) bond motifs is 1. The molecule has 1 aliphatic rings. The van der Waals surface area contributed by atoms with E-state index in [9.17, 15) is 18.5 Å². The Morgan fingerprint density at radius 2 is 1.97 bits per heavy atom. The van der Waals surface area contributed by atoms with Gasteiger partial charge in [0.15, 0.2) is 12.8 Å². The fourth-order valence-electron chi connectivity index (χ4n) is 3.68. The van der Waals surface area contributed by atoms with Gasteiger partial charge in [-0.25, -0.2) is 14.2 Å². The van der Waals surface area contributed by atoms with Gasteiger partial charge >= 0.3 is 5.97 Å². The molecule has 0 saturated heterocycles. The van der Waals surface area contributed by atoms with E-state index >= 15 is 0 Å². The lowest BCUT2D eigenvalue weighted by Gasteiger charge is -2.13. The molecule has 10 heteroatoms. The van der Waals surface area contributed by atoms with Crippen molar-refractivity contribution in [1.29, 1.82) is 0 Å². The standard InChI is InChI=1S/C26H24FN3O5S/c27-19-8-9-23-22(12-19)29-26(30(23)16-35-25(32)24(31)18-4-2-1-3-5-18)36(33)15-20-13-21(10-11-28-20)34-14-17-6-7-17/h1-5,8-13,17,24,31H,6-7,14-16H2/t24-,36?/m1/s1. The number of hydrogen-bond donors (Lipinski definition) is 1. The van der Waals surface area contributed by atoms with Crippen molar-refractivity contribution >= 4 is 27.8 Å². The van der Waals surface area contributed by atoms with Crippen LogP contribution in [0.15, 0.2) is 72.0 Å². The summed E-state index contributed by atoms with van der Waals surface area (Å²) in [5, 5.41) is 10.4. The zero-order valence-corrected chi connectivity index (χ0v) is 20.1. The van der Waals surface area contributed by atoms with Crippen LogP contribution in [-0.4, -0.2) is 36.4 Å². The number of benzene rings is 2. The summed E-state index contributed by atoms with van der Waals surface area (Å²) >= 11 is 0. The minimum atomic E-state index is -1.70. The zero-order valence-electron chi connectivity index (χ0n) is 19.2. The molecule has 4 aromatic rings. The molecule has 1 unspecified atom stereocenters. The van der Waals surface area contributed by atoms with Gasteiger partial charge in [-0.15, -0.1) is 0 Å². The van der Waals surface area contributed by atoms with Crippen LogP contribution in [0.3, 0.4) is 0 Å². The number of carbonyl (C=O) groups excluding carboxylic acids is 1. The third kappa shape index (κ3) is 5.60. The summed E-state index contributed by atoms with van der Waals surface area (Å²) in [5.74, 6) is -0.0813. The molecular formula is C26H24FN3O5S. The quantitative estimate of drug-likeness (QED) is 0.323. The van der Waals surface area contributed by atoms with E-state index < -0.39 is 28.7 Å². The van der Waals surface area contributed by atoms with Crippen LogP contribution in [0.1, 0.15) is 30.2 Å². The lowest BCUT2D eigenvalue weighted by atomic mass is 10.1. The zero-order chi connectivity index (χ0) is 25.1. The Morgan fingerprint density at radius 3 is 2.75 bits per heavy atom. The molecule has 5 rings (SSSR count). The predicted molar refractivity (Wildman–Crippen MR) is 130 cm³/mol. The van der Waals surface area contributed by atoms with Gasteiger partial charge in [0.1, 0.15) is 11.6 Å². The Bertz CT molecular complexity index is 1410. The molecule has 2 atom stereocenters. The molecule has 8 nitrogen and oxygen atoms in total. The number of carbonyl (C=O) groups is 1. The summed E-state index contributed by atoms with van der Waals surface area (Å²) in [6.45, 7) is 0.290. The fourth-order valence-corrected chi connectivity index (χ4v) is 4.83. The molecule has 186 valence electrons. The van der Waals surface area contributed by atoms with E-state index in [0.29, 0.717) is 35.0 Å². The average Bonchev–Trinajstić information content (AvgIpc) is 3.66. The second-order valence-electron chi connectivity index (χ2n) is 8.59. The van der Waals surface area contributed by atoms with Gasteiger partial charge in [0.25, 0.3) is 0 Å².